The lowest BCUT2D eigenvalue weighted by Gasteiger charge is -2.26. The average Bonchev–Trinajstić information content (AvgIpc) is 2.46. The third-order valence-electron chi connectivity index (χ3n) is 4.29. The van der Waals surface area contributed by atoms with E-state index < -0.39 is 11.7 Å². The highest BCUT2D eigenvalue weighted by atomic mass is 19.4. The number of hydrogen-bond acceptors (Lipinski definition) is 1. The molecule has 0 aliphatic heterocycles. The molecule has 1 aromatic carbocycles. The van der Waals surface area contributed by atoms with Gasteiger partial charge >= 0.3 is 6.18 Å². The lowest BCUT2D eigenvalue weighted by Crippen LogP contribution is -2.21. The molecule has 110 valence electrons. The van der Waals surface area contributed by atoms with Gasteiger partial charge in [0.2, 0.25) is 0 Å². The summed E-state index contributed by atoms with van der Waals surface area (Å²) in [5.41, 5.74) is -0.304. The molecular weight excluding hydrogens is 265 g/mol. The Hall–Kier alpha value is -1.32. The van der Waals surface area contributed by atoms with Gasteiger partial charge in [-0.1, -0.05) is 25.5 Å². The Labute approximate surface area is 117 Å². The quantitative estimate of drug-likeness (QED) is 0.705. The lowest BCUT2D eigenvalue weighted by atomic mass is 9.78. The van der Waals surface area contributed by atoms with Gasteiger partial charge in [-0.25, -0.2) is 0 Å². The predicted octanol–water partition coefficient (Wildman–Crippen LogP) is 5.10. The molecule has 0 atom stereocenters. The van der Waals surface area contributed by atoms with E-state index in [0.29, 0.717) is 11.5 Å². The number of carbonyl (C=O) groups is 1. The maximum Gasteiger partial charge on any atom is 0.416 e. The number of alkyl halides is 3. The lowest BCUT2D eigenvalue weighted by molar-refractivity contribution is -0.137. The SMILES string of the molecule is CCC1CCC(C(=O)c2ccc(C(F)(F)F)cc2)CC1. The van der Waals surface area contributed by atoms with Crippen LogP contribution in [-0.4, -0.2) is 5.78 Å². The normalized spacial score (nSPS) is 23.6. The monoisotopic (exact) mass is 284 g/mol. The van der Waals surface area contributed by atoms with Gasteiger partial charge in [-0.2, -0.15) is 13.2 Å². The molecule has 0 bridgehead atoms. The number of ketones is 1. The molecule has 0 unspecified atom stereocenters. The summed E-state index contributed by atoms with van der Waals surface area (Å²) in [5.74, 6) is 0.675. The Balaban J connectivity index is 2.03. The summed E-state index contributed by atoms with van der Waals surface area (Å²) >= 11 is 0. The van der Waals surface area contributed by atoms with Gasteiger partial charge in [0.15, 0.2) is 5.78 Å². The minimum absolute atomic E-state index is 0.00622. The van der Waals surface area contributed by atoms with Crippen molar-refractivity contribution in [3.63, 3.8) is 0 Å². The van der Waals surface area contributed by atoms with Crippen molar-refractivity contribution in [2.45, 2.75) is 45.2 Å². The summed E-state index contributed by atoms with van der Waals surface area (Å²) < 4.78 is 37.4. The highest BCUT2D eigenvalue weighted by molar-refractivity contribution is 5.97. The van der Waals surface area contributed by atoms with E-state index in [1.54, 1.807) is 0 Å². The maximum absolute atomic E-state index is 12.5. The summed E-state index contributed by atoms with van der Waals surface area (Å²) in [6, 6.07) is 4.59. The van der Waals surface area contributed by atoms with E-state index in [0.717, 1.165) is 44.2 Å². The molecule has 1 aromatic rings. The van der Waals surface area contributed by atoms with Gasteiger partial charge in [0.25, 0.3) is 0 Å². The van der Waals surface area contributed by atoms with Gasteiger partial charge < -0.3 is 0 Å². The van der Waals surface area contributed by atoms with E-state index in [-0.39, 0.29) is 11.7 Å². The minimum atomic E-state index is -4.35. The van der Waals surface area contributed by atoms with E-state index in [1.807, 2.05) is 0 Å². The van der Waals surface area contributed by atoms with Crippen molar-refractivity contribution in [3.05, 3.63) is 35.4 Å². The van der Waals surface area contributed by atoms with Gasteiger partial charge in [0, 0.05) is 11.5 Å². The van der Waals surface area contributed by atoms with Crippen LogP contribution in [0.1, 0.15) is 54.9 Å². The fourth-order valence-electron chi connectivity index (χ4n) is 2.89. The highest BCUT2D eigenvalue weighted by Gasteiger charge is 2.31. The van der Waals surface area contributed by atoms with Crippen LogP contribution in [0.4, 0.5) is 13.2 Å². The van der Waals surface area contributed by atoms with Crippen LogP contribution in [0.25, 0.3) is 0 Å². The molecule has 20 heavy (non-hydrogen) atoms. The van der Waals surface area contributed by atoms with Crippen molar-refractivity contribution in [1.29, 1.82) is 0 Å². The number of hydrogen-bond donors (Lipinski definition) is 0. The Bertz CT molecular complexity index is 454. The highest BCUT2D eigenvalue weighted by Crippen LogP contribution is 2.33. The summed E-state index contributed by atoms with van der Waals surface area (Å²) in [6.45, 7) is 2.16. The first-order valence-electron chi connectivity index (χ1n) is 7.13. The number of carbonyl (C=O) groups excluding carboxylic acids is 1. The van der Waals surface area contributed by atoms with E-state index >= 15 is 0 Å². The van der Waals surface area contributed by atoms with Crippen LogP contribution in [0.2, 0.25) is 0 Å². The second-order valence-corrected chi connectivity index (χ2v) is 5.57. The van der Waals surface area contributed by atoms with Crippen molar-refractivity contribution in [2.24, 2.45) is 11.8 Å². The van der Waals surface area contributed by atoms with Gasteiger partial charge in [0.1, 0.15) is 0 Å². The molecule has 0 spiro atoms. The molecule has 0 saturated heterocycles. The molecule has 0 radical (unpaired) electrons. The Morgan fingerprint density at radius 1 is 1.10 bits per heavy atom. The van der Waals surface area contributed by atoms with Crippen molar-refractivity contribution >= 4 is 5.78 Å². The predicted molar refractivity (Wildman–Crippen MR) is 71.5 cm³/mol. The van der Waals surface area contributed by atoms with Crippen LogP contribution < -0.4 is 0 Å². The van der Waals surface area contributed by atoms with Crippen LogP contribution in [-0.2, 0) is 6.18 Å². The third-order valence-corrected chi connectivity index (χ3v) is 4.29. The number of Topliss-reactive ketones (excluding diaryl/α,β-unsaturated/α-hetero) is 1. The fourth-order valence-corrected chi connectivity index (χ4v) is 2.89. The molecule has 0 N–H and O–H groups in total. The van der Waals surface area contributed by atoms with Crippen LogP contribution in [0.3, 0.4) is 0 Å². The van der Waals surface area contributed by atoms with E-state index in [2.05, 4.69) is 6.92 Å². The van der Waals surface area contributed by atoms with Gasteiger partial charge in [-0.15, -0.1) is 0 Å². The molecule has 1 aliphatic rings. The van der Waals surface area contributed by atoms with Crippen LogP contribution >= 0.6 is 0 Å². The van der Waals surface area contributed by atoms with Crippen molar-refractivity contribution in [3.8, 4) is 0 Å². The van der Waals surface area contributed by atoms with Crippen LogP contribution in [0, 0.1) is 11.8 Å². The summed E-state index contributed by atoms with van der Waals surface area (Å²) in [4.78, 5) is 12.3. The molecule has 4 heteroatoms. The largest absolute Gasteiger partial charge is 0.416 e. The molecule has 0 aromatic heterocycles. The minimum Gasteiger partial charge on any atom is -0.294 e. The zero-order valence-electron chi connectivity index (χ0n) is 11.5. The standard InChI is InChI=1S/C16H19F3O/c1-2-11-3-5-12(6-4-11)15(20)13-7-9-14(10-8-13)16(17,18)19/h7-12H,2-6H2,1H3. The van der Waals surface area contributed by atoms with E-state index in [1.165, 1.54) is 12.1 Å². The van der Waals surface area contributed by atoms with Gasteiger partial charge in [0.05, 0.1) is 5.56 Å². The number of rotatable bonds is 3. The molecule has 1 nitrogen and oxygen atoms in total. The van der Waals surface area contributed by atoms with Gasteiger partial charge in [-0.05, 0) is 43.7 Å². The fraction of sp³-hybridized carbons (Fsp3) is 0.562. The summed E-state index contributed by atoms with van der Waals surface area (Å²) in [7, 11) is 0. The Morgan fingerprint density at radius 3 is 2.10 bits per heavy atom. The Morgan fingerprint density at radius 2 is 1.65 bits per heavy atom. The molecule has 1 fully saturated rings. The second kappa shape index (κ2) is 5.98. The van der Waals surface area contributed by atoms with E-state index in [9.17, 15) is 18.0 Å². The molecular formula is C16H19F3O. The smallest absolute Gasteiger partial charge is 0.294 e. The van der Waals surface area contributed by atoms with Crippen molar-refractivity contribution in [1.82, 2.24) is 0 Å². The first kappa shape index (κ1) is 15.1. The summed E-state index contributed by atoms with van der Waals surface area (Å²) in [6.07, 6.45) is 0.611. The van der Waals surface area contributed by atoms with Crippen molar-refractivity contribution in [2.75, 3.05) is 0 Å². The molecule has 2 rings (SSSR count). The molecule has 1 aliphatic carbocycles. The van der Waals surface area contributed by atoms with Crippen LogP contribution in [0.5, 0.6) is 0 Å². The summed E-state index contributed by atoms with van der Waals surface area (Å²) in [5, 5.41) is 0. The number of halogens is 3. The molecule has 0 heterocycles. The number of benzene rings is 1. The van der Waals surface area contributed by atoms with E-state index in [4.69, 9.17) is 0 Å². The molecule has 1 saturated carbocycles. The first-order chi connectivity index (χ1) is 9.41. The first-order valence-corrected chi connectivity index (χ1v) is 7.13. The zero-order chi connectivity index (χ0) is 14.8. The van der Waals surface area contributed by atoms with Gasteiger partial charge in [-0.3, -0.25) is 4.79 Å². The zero-order valence-corrected chi connectivity index (χ0v) is 11.5. The molecule has 0 amide bonds. The topological polar surface area (TPSA) is 17.1 Å². The third kappa shape index (κ3) is 3.41. The van der Waals surface area contributed by atoms with Crippen molar-refractivity contribution < 1.29 is 18.0 Å². The Kier molecular flexibility index (Phi) is 4.51. The average molecular weight is 284 g/mol. The second-order valence-electron chi connectivity index (χ2n) is 5.57. The maximum atomic E-state index is 12.5. The van der Waals surface area contributed by atoms with Crippen LogP contribution in [0.15, 0.2) is 24.3 Å².